The number of hydrogen-bond donors (Lipinski definition) is 1. The van der Waals surface area contributed by atoms with Crippen LogP contribution in [0, 0.1) is 6.92 Å². The molecule has 0 aliphatic carbocycles. The van der Waals surface area contributed by atoms with Crippen LogP contribution in [0.2, 0.25) is 0 Å². The molecule has 1 aliphatic rings. The molecule has 1 aliphatic heterocycles. The van der Waals surface area contributed by atoms with E-state index in [0.29, 0.717) is 6.04 Å². The fraction of sp³-hybridized carbons (Fsp3) is 0.417. The SMILES string of the molecule is Cc1ncn2ccc(C3CCCN3)cc12. The summed E-state index contributed by atoms with van der Waals surface area (Å²) < 4.78 is 2.08. The molecule has 2 aromatic heterocycles. The molecule has 2 aromatic rings. The van der Waals surface area contributed by atoms with E-state index in [0.717, 1.165) is 12.2 Å². The van der Waals surface area contributed by atoms with Crippen LogP contribution in [0.4, 0.5) is 0 Å². The Bertz CT molecular complexity index is 481. The number of aryl methyl sites for hydroxylation is 1. The molecule has 3 nitrogen and oxygen atoms in total. The molecular formula is C12H15N3. The minimum absolute atomic E-state index is 0.546. The van der Waals surface area contributed by atoms with Crippen molar-refractivity contribution in [1.29, 1.82) is 0 Å². The topological polar surface area (TPSA) is 29.3 Å². The van der Waals surface area contributed by atoms with Crippen molar-refractivity contribution in [2.75, 3.05) is 6.54 Å². The first kappa shape index (κ1) is 8.92. The number of fused-ring (bicyclic) bond motifs is 1. The second kappa shape index (κ2) is 3.35. The Morgan fingerprint density at radius 3 is 3.27 bits per heavy atom. The van der Waals surface area contributed by atoms with Gasteiger partial charge in [-0.15, -0.1) is 0 Å². The van der Waals surface area contributed by atoms with Crippen LogP contribution in [-0.4, -0.2) is 15.9 Å². The van der Waals surface area contributed by atoms with Gasteiger partial charge in [0.15, 0.2) is 0 Å². The normalized spacial score (nSPS) is 21.3. The molecular weight excluding hydrogens is 186 g/mol. The van der Waals surface area contributed by atoms with Crippen LogP contribution in [0.15, 0.2) is 24.7 Å². The lowest BCUT2D eigenvalue weighted by Crippen LogP contribution is -2.12. The van der Waals surface area contributed by atoms with Gasteiger partial charge in [-0.3, -0.25) is 0 Å². The lowest BCUT2D eigenvalue weighted by atomic mass is 10.1. The Morgan fingerprint density at radius 1 is 1.53 bits per heavy atom. The van der Waals surface area contributed by atoms with E-state index in [1.165, 1.54) is 23.9 Å². The molecule has 1 fully saturated rings. The molecule has 3 rings (SSSR count). The summed E-state index contributed by atoms with van der Waals surface area (Å²) in [5.41, 5.74) is 3.72. The van der Waals surface area contributed by atoms with Crippen LogP contribution in [0.3, 0.4) is 0 Å². The van der Waals surface area contributed by atoms with Gasteiger partial charge in [0.25, 0.3) is 0 Å². The number of pyridine rings is 1. The monoisotopic (exact) mass is 201 g/mol. The van der Waals surface area contributed by atoms with Gasteiger partial charge >= 0.3 is 0 Å². The maximum atomic E-state index is 4.31. The van der Waals surface area contributed by atoms with Gasteiger partial charge in [0.2, 0.25) is 0 Å². The third kappa shape index (κ3) is 1.43. The summed E-state index contributed by atoms with van der Waals surface area (Å²) in [6, 6.07) is 4.99. The third-order valence-corrected chi connectivity index (χ3v) is 3.22. The van der Waals surface area contributed by atoms with E-state index in [1.54, 1.807) is 0 Å². The average Bonchev–Trinajstić information content (AvgIpc) is 2.88. The van der Waals surface area contributed by atoms with Gasteiger partial charge in [-0.1, -0.05) is 0 Å². The lowest BCUT2D eigenvalue weighted by Gasteiger charge is -2.10. The largest absolute Gasteiger partial charge is 0.310 e. The van der Waals surface area contributed by atoms with Gasteiger partial charge in [0, 0.05) is 12.2 Å². The fourth-order valence-electron chi connectivity index (χ4n) is 2.32. The summed E-state index contributed by atoms with van der Waals surface area (Å²) in [6.45, 7) is 3.20. The van der Waals surface area contributed by atoms with Crippen LogP contribution in [0.5, 0.6) is 0 Å². The Balaban J connectivity index is 2.08. The number of nitrogens with one attached hydrogen (secondary N) is 1. The van der Waals surface area contributed by atoms with Crippen molar-refractivity contribution in [2.45, 2.75) is 25.8 Å². The maximum Gasteiger partial charge on any atom is 0.0995 e. The minimum atomic E-state index is 0.546. The molecule has 1 N–H and O–H groups in total. The second-order valence-electron chi connectivity index (χ2n) is 4.23. The van der Waals surface area contributed by atoms with Crippen LogP contribution in [-0.2, 0) is 0 Å². The van der Waals surface area contributed by atoms with Crippen LogP contribution in [0.25, 0.3) is 5.52 Å². The van der Waals surface area contributed by atoms with Gasteiger partial charge in [-0.25, -0.2) is 4.98 Å². The number of imidazole rings is 1. The van der Waals surface area contributed by atoms with E-state index in [-0.39, 0.29) is 0 Å². The zero-order valence-corrected chi connectivity index (χ0v) is 8.90. The molecule has 3 heterocycles. The smallest absolute Gasteiger partial charge is 0.0995 e. The van der Waals surface area contributed by atoms with Crippen LogP contribution >= 0.6 is 0 Å². The van der Waals surface area contributed by atoms with E-state index >= 15 is 0 Å². The molecule has 0 spiro atoms. The molecule has 0 radical (unpaired) electrons. The van der Waals surface area contributed by atoms with Crippen molar-refractivity contribution in [3.05, 3.63) is 35.9 Å². The zero-order chi connectivity index (χ0) is 10.3. The van der Waals surface area contributed by atoms with Gasteiger partial charge in [0.05, 0.1) is 17.5 Å². The molecule has 1 atom stereocenters. The predicted octanol–water partition coefficient (Wildman–Crippen LogP) is 2.07. The van der Waals surface area contributed by atoms with Gasteiger partial charge < -0.3 is 9.72 Å². The second-order valence-corrected chi connectivity index (χ2v) is 4.23. The summed E-state index contributed by atoms with van der Waals surface area (Å²) in [7, 11) is 0. The van der Waals surface area contributed by atoms with Crippen molar-refractivity contribution >= 4 is 5.52 Å². The Hall–Kier alpha value is -1.35. The first-order chi connectivity index (χ1) is 7.34. The summed E-state index contributed by atoms with van der Waals surface area (Å²) >= 11 is 0. The van der Waals surface area contributed by atoms with E-state index in [4.69, 9.17) is 0 Å². The highest BCUT2D eigenvalue weighted by Gasteiger charge is 2.16. The number of aromatic nitrogens is 2. The van der Waals surface area contributed by atoms with Crippen molar-refractivity contribution in [1.82, 2.24) is 14.7 Å². The van der Waals surface area contributed by atoms with E-state index < -0.39 is 0 Å². The Morgan fingerprint density at radius 2 is 2.47 bits per heavy atom. The van der Waals surface area contributed by atoms with E-state index in [9.17, 15) is 0 Å². The lowest BCUT2D eigenvalue weighted by molar-refractivity contribution is 0.647. The van der Waals surface area contributed by atoms with Gasteiger partial charge in [-0.05, 0) is 44.0 Å². The Labute approximate surface area is 89.1 Å². The van der Waals surface area contributed by atoms with Gasteiger partial charge in [0.1, 0.15) is 0 Å². The maximum absolute atomic E-state index is 4.31. The minimum Gasteiger partial charge on any atom is -0.310 e. The quantitative estimate of drug-likeness (QED) is 0.765. The van der Waals surface area contributed by atoms with E-state index in [1.807, 2.05) is 6.33 Å². The molecule has 0 amide bonds. The standard InChI is InChI=1S/C12H15N3/c1-9-12-7-10(11-3-2-5-13-11)4-6-15(12)8-14-9/h4,6-8,11,13H,2-3,5H2,1H3. The summed E-state index contributed by atoms with van der Waals surface area (Å²) in [6.07, 6.45) is 6.51. The first-order valence-electron chi connectivity index (χ1n) is 5.51. The van der Waals surface area contributed by atoms with E-state index in [2.05, 4.69) is 40.0 Å². The highest BCUT2D eigenvalue weighted by Crippen LogP contribution is 2.24. The Kier molecular flexibility index (Phi) is 1.99. The van der Waals surface area contributed by atoms with Gasteiger partial charge in [-0.2, -0.15) is 0 Å². The molecule has 1 saturated heterocycles. The fourth-order valence-corrected chi connectivity index (χ4v) is 2.32. The van der Waals surface area contributed by atoms with Crippen LogP contribution in [0.1, 0.15) is 30.1 Å². The van der Waals surface area contributed by atoms with Crippen molar-refractivity contribution in [3.63, 3.8) is 0 Å². The molecule has 1 unspecified atom stereocenters. The number of rotatable bonds is 1. The molecule has 3 heteroatoms. The summed E-state index contributed by atoms with van der Waals surface area (Å²) in [4.78, 5) is 4.31. The van der Waals surface area contributed by atoms with Crippen molar-refractivity contribution < 1.29 is 0 Å². The zero-order valence-electron chi connectivity index (χ0n) is 8.90. The average molecular weight is 201 g/mol. The predicted molar refractivity (Wildman–Crippen MR) is 59.9 cm³/mol. The van der Waals surface area contributed by atoms with Crippen molar-refractivity contribution in [3.8, 4) is 0 Å². The molecule has 0 saturated carbocycles. The summed E-state index contributed by atoms with van der Waals surface area (Å²) in [5.74, 6) is 0. The molecule has 0 aromatic carbocycles. The first-order valence-corrected chi connectivity index (χ1v) is 5.51. The summed E-state index contributed by atoms with van der Waals surface area (Å²) in [5, 5.41) is 3.52. The number of hydrogen-bond acceptors (Lipinski definition) is 2. The third-order valence-electron chi connectivity index (χ3n) is 3.22. The number of nitrogens with zero attached hydrogens (tertiary/aromatic N) is 2. The highest BCUT2D eigenvalue weighted by molar-refractivity contribution is 5.53. The highest BCUT2D eigenvalue weighted by atomic mass is 15.0. The molecule has 0 bridgehead atoms. The van der Waals surface area contributed by atoms with Crippen LogP contribution < -0.4 is 5.32 Å². The molecule has 78 valence electrons. The van der Waals surface area contributed by atoms with Crippen molar-refractivity contribution in [2.24, 2.45) is 0 Å². The molecule has 15 heavy (non-hydrogen) atoms.